The van der Waals surface area contributed by atoms with Crippen LogP contribution in [0.4, 0.5) is 0 Å². The maximum Gasteiger partial charge on any atom is 0.251 e. The van der Waals surface area contributed by atoms with Crippen molar-refractivity contribution in [2.45, 2.75) is 6.42 Å². The molecule has 0 saturated carbocycles. The van der Waals surface area contributed by atoms with E-state index >= 15 is 0 Å². The Morgan fingerprint density at radius 1 is 1.11 bits per heavy atom. The van der Waals surface area contributed by atoms with Gasteiger partial charge in [-0.3, -0.25) is 9.59 Å². The highest BCUT2D eigenvalue weighted by atomic mass is 79.9. The van der Waals surface area contributed by atoms with Crippen LogP contribution >= 0.6 is 15.9 Å². The molecule has 0 aromatic heterocycles. The lowest BCUT2D eigenvalue weighted by Gasteiger charge is -2.06. The lowest BCUT2D eigenvalue weighted by atomic mass is 10.2. The quantitative estimate of drug-likeness (QED) is 0.722. The van der Waals surface area contributed by atoms with Gasteiger partial charge in [-0.1, -0.05) is 15.9 Å². The molecule has 0 bridgehead atoms. The molecule has 1 aromatic carbocycles. The van der Waals surface area contributed by atoms with Crippen LogP contribution in [0.25, 0.3) is 0 Å². The first-order chi connectivity index (χ1) is 8.63. The van der Waals surface area contributed by atoms with Crippen molar-refractivity contribution in [3.8, 4) is 0 Å². The van der Waals surface area contributed by atoms with E-state index in [9.17, 15) is 9.59 Å². The first kappa shape index (κ1) is 14.7. The average Bonchev–Trinajstić information content (AvgIpc) is 2.37. The molecule has 0 aliphatic heterocycles. The fourth-order valence-corrected chi connectivity index (χ4v) is 1.54. The third-order valence-corrected chi connectivity index (χ3v) is 2.71. The standard InChI is InChI=1S/C12H15BrN2O3/c13-10-3-1-9(2-4-10)12(18)15-6-5-11(17)14-7-8-16/h1-4,16H,5-8H2,(H,14,17)(H,15,18). The number of nitrogens with one attached hydrogen (secondary N) is 2. The molecule has 0 atom stereocenters. The van der Waals surface area contributed by atoms with Crippen molar-refractivity contribution in [1.29, 1.82) is 0 Å². The molecule has 2 amide bonds. The maximum absolute atomic E-state index is 11.7. The normalized spacial score (nSPS) is 9.89. The molecule has 3 N–H and O–H groups in total. The highest BCUT2D eigenvalue weighted by Gasteiger charge is 2.05. The maximum atomic E-state index is 11.7. The van der Waals surface area contributed by atoms with E-state index in [1.54, 1.807) is 24.3 Å². The summed E-state index contributed by atoms with van der Waals surface area (Å²) < 4.78 is 0.905. The first-order valence-corrected chi connectivity index (χ1v) is 6.34. The molecular weight excluding hydrogens is 300 g/mol. The summed E-state index contributed by atoms with van der Waals surface area (Å²) in [4.78, 5) is 22.8. The van der Waals surface area contributed by atoms with E-state index in [2.05, 4.69) is 26.6 Å². The number of rotatable bonds is 6. The fraction of sp³-hybridized carbons (Fsp3) is 0.333. The van der Waals surface area contributed by atoms with E-state index in [-0.39, 0.29) is 37.9 Å². The molecule has 0 radical (unpaired) electrons. The van der Waals surface area contributed by atoms with Gasteiger partial charge in [0.25, 0.3) is 5.91 Å². The Morgan fingerprint density at radius 2 is 1.78 bits per heavy atom. The summed E-state index contributed by atoms with van der Waals surface area (Å²) in [6.45, 7) is 0.419. The summed E-state index contributed by atoms with van der Waals surface area (Å²) in [5.41, 5.74) is 0.550. The molecule has 0 aliphatic rings. The van der Waals surface area contributed by atoms with Crippen LogP contribution in [0.3, 0.4) is 0 Å². The number of aliphatic hydroxyl groups is 1. The predicted octanol–water partition coefficient (Wildman–Crippen LogP) is 0.678. The van der Waals surface area contributed by atoms with Gasteiger partial charge in [-0.15, -0.1) is 0 Å². The van der Waals surface area contributed by atoms with Crippen LogP contribution in [-0.2, 0) is 4.79 Å². The van der Waals surface area contributed by atoms with Crippen molar-refractivity contribution >= 4 is 27.7 Å². The Morgan fingerprint density at radius 3 is 2.39 bits per heavy atom. The van der Waals surface area contributed by atoms with Gasteiger partial charge in [0.05, 0.1) is 6.61 Å². The lowest BCUT2D eigenvalue weighted by Crippen LogP contribution is -2.31. The number of carbonyl (C=O) groups excluding carboxylic acids is 2. The SMILES string of the molecule is O=C(CCNC(=O)c1ccc(Br)cc1)NCCO. The molecule has 0 unspecified atom stereocenters. The largest absolute Gasteiger partial charge is 0.395 e. The lowest BCUT2D eigenvalue weighted by molar-refractivity contribution is -0.121. The number of carbonyl (C=O) groups is 2. The van der Waals surface area contributed by atoms with Gasteiger partial charge in [-0.2, -0.15) is 0 Å². The molecular formula is C12H15BrN2O3. The minimum absolute atomic E-state index is 0.0863. The fourth-order valence-electron chi connectivity index (χ4n) is 1.28. The Labute approximate surface area is 114 Å². The number of halogens is 1. The second-order valence-electron chi connectivity index (χ2n) is 3.59. The molecule has 98 valence electrons. The van der Waals surface area contributed by atoms with Crippen molar-refractivity contribution < 1.29 is 14.7 Å². The van der Waals surface area contributed by atoms with E-state index in [1.807, 2.05) is 0 Å². The molecule has 1 rings (SSSR count). The first-order valence-electron chi connectivity index (χ1n) is 5.55. The van der Waals surface area contributed by atoms with Crippen molar-refractivity contribution in [1.82, 2.24) is 10.6 Å². The zero-order valence-corrected chi connectivity index (χ0v) is 11.4. The van der Waals surface area contributed by atoms with Gasteiger partial charge < -0.3 is 15.7 Å². The molecule has 0 spiro atoms. The summed E-state index contributed by atoms with van der Waals surface area (Å²) in [7, 11) is 0. The second-order valence-corrected chi connectivity index (χ2v) is 4.50. The highest BCUT2D eigenvalue weighted by Crippen LogP contribution is 2.10. The van der Waals surface area contributed by atoms with Crippen LogP contribution in [0, 0.1) is 0 Å². The number of hydrogen-bond donors (Lipinski definition) is 3. The van der Waals surface area contributed by atoms with E-state index < -0.39 is 0 Å². The Balaban J connectivity index is 2.29. The Kier molecular flexibility index (Phi) is 6.38. The Bertz CT molecular complexity index is 406. The minimum Gasteiger partial charge on any atom is -0.395 e. The van der Waals surface area contributed by atoms with Crippen LogP contribution in [0.2, 0.25) is 0 Å². The molecule has 1 aromatic rings. The van der Waals surface area contributed by atoms with Crippen LogP contribution in [0.5, 0.6) is 0 Å². The monoisotopic (exact) mass is 314 g/mol. The van der Waals surface area contributed by atoms with Crippen molar-refractivity contribution in [3.63, 3.8) is 0 Å². The molecule has 18 heavy (non-hydrogen) atoms. The van der Waals surface area contributed by atoms with Gasteiger partial charge in [-0.05, 0) is 24.3 Å². The van der Waals surface area contributed by atoms with Gasteiger partial charge in [0, 0.05) is 29.5 Å². The summed E-state index contributed by atoms with van der Waals surface area (Å²) in [5, 5.41) is 13.7. The smallest absolute Gasteiger partial charge is 0.251 e. The predicted molar refractivity (Wildman–Crippen MR) is 71.2 cm³/mol. The summed E-state index contributed by atoms with van der Waals surface area (Å²) in [5.74, 6) is -0.405. The molecule has 5 nitrogen and oxygen atoms in total. The second kappa shape index (κ2) is 7.84. The summed E-state index contributed by atoms with van der Waals surface area (Å²) in [6.07, 6.45) is 0.197. The number of hydrogen-bond acceptors (Lipinski definition) is 3. The highest BCUT2D eigenvalue weighted by molar-refractivity contribution is 9.10. The zero-order chi connectivity index (χ0) is 13.4. The minimum atomic E-state index is -0.211. The average molecular weight is 315 g/mol. The number of benzene rings is 1. The van der Waals surface area contributed by atoms with Gasteiger partial charge in [0.1, 0.15) is 0 Å². The van der Waals surface area contributed by atoms with Gasteiger partial charge >= 0.3 is 0 Å². The molecule has 6 heteroatoms. The Hall–Kier alpha value is -1.40. The van der Waals surface area contributed by atoms with Crippen molar-refractivity contribution in [2.75, 3.05) is 19.7 Å². The van der Waals surface area contributed by atoms with E-state index in [4.69, 9.17) is 5.11 Å². The van der Waals surface area contributed by atoms with Crippen LogP contribution in [0.15, 0.2) is 28.7 Å². The van der Waals surface area contributed by atoms with E-state index in [1.165, 1.54) is 0 Å². The summed E-state index contributed by atoms with van der Waals surface area (Å²) in [6, 6.07) is 6.96. The van der Waals surface area contributed by atoms with Crippen molar-refractivity contribution in [3.05, 3.63) is 34.3 Å². The van der Waals surface area contributed by atoms with Gasteiger partial charge in [-0.25, -0.2) is 0 Å². The summed E-state index contributed by atoms with van der Waals surface area (Å²) >= 11 is 3.29. The molecule has 0 fully saturated rings. The van der Waals surface area contributed by atoms with E-state index in [0.717, 1.165) is 4.47 Å². The molecule has 0 aliphatic carbocycles. The number of amides is 2. The third-order valence-electron chi connectivity index (χ3n) is 2.18. The topological polar surface area (TPSA) is 78.4 Å². The molecule has 0 heterocycles. The van der Waals surface area contributed by atoms with Crippen LogP contribution in [0.1, 0.15) is 16.8 Å². The number of aliphatic hydroxyl groups excluding tert-OH is 1. The van der Waals surface area contributed by atoms with Crippen LogP contribution in [-0.4, -0.2) is 36.6 Å². The van der Waals surface area contributed by atoms with Crippen molar-refractivity contribution in [2.24, 2.45) is 0 Å². The zero-order valence-electron chi connectivity index (χ0n) is 9.78. The van der Waals surface area contributed by atoms with E-state index in [0.29, 0.717) is 5.56 Å². The van der Waals surface area contributed by atoms with Gasteiger partial charge in [0.15, 0.2) is 0 Å². The van der Waals surface area contributed by atoms with Crippen LogP contribution < -0.4 is 10.6 Å². The third kappa shape index (κ3) is 5.29. The molecule has 0 saturated heterocycles. The van der Waals surface area contributed by atoms with Gasteiger partial charge in [0.2, 0.25) is 5.91 Å².